The number of nitrogens with two attached hydrogens (primary N) is 1. The van der Waals surface area contributed by atoms with Gasteiger partial charge in [0.25, 0.3) is 0 Å². The molecule has 17 heavy (non-hydrogen) atoms. The molecule has 1 aliphatic heterocycles. The molecule has 1 atom stereocenters. The largest absolute Gasteiger partial charge is 0.481 e. The van der Waals surface area contributed by atoms with Gasteiger partial charge < -0.3 is 10.8 Å². The molecule has 1 aliphatic rings. The molecule has 2 rings (SSSR count). The Labute approximate surface area is 105 Å². The zero-order chi connectivity index (χ0) is 12.4. The second kappa shape index (κ2) is 4.98. The first-order chi connectivity index (χ1) is 8.06. The van der Waals surface area contributed by atoms with Gasteiger partial charge in [-0.25, -0.2) is 0 Å². The summed E-state index contributed by atoms with van der Waals surface area (Å²) in [5, 5.41) is 16.7. The topological polar surface area (TPSA) is 109 Å². The zero-order valence-corrected chi connectivity index (χ0v) is 10.3. The third kappa shape index (κ3) is 2.93. The van der Waals surface area contributed by atoms with Crippen LogP contribution in [0.25, 0.3) is 0 Å². The second-order valence-electron chi connectivity index (χ2n) is 3.50. The molecule has 1 unspecified atom stereocenters. The molecule has 0 bridgehead atoms. The van der Waals surface area contributed by atoms with Crippen molar-refractivity contribution in [2.45, 2.75) is 16.8 Å². The van der Waals surface area contributed by atoms with Crippen molar-refractivity contribution < 1.29 is 14.7 Å². The number of aliphatic carboxylic acids is 1. The van der Waals surface area contributed by atoms with E-state index < -0.39 is 5.97 Å². The van der Waals surface area contributed by atoms with Gasteiger partial charge in [-0.05, 0) is 0 Å². The first-order valence-corrected chi connectivity index (χ1v) is 6.60. The van der Waals surface area contributed by atoms with E-state index in [9.17, 15) is 9.59 Å². The summed E-state index contributed by atoms with van der Waals surface area (Å²) < 4.78 is 0.538. The predicted octanol–water partition coefficient (Wildman–Crippen LogP) is -0.221. The lowest BCUT2D eigenvalue weighted by molar-refractivity contribution is -0.133. The molecule has 1 fully saturated rings. The van der Waals surface area contributed by atoms with Crippen LogP contribution in [0.3, 0.4) is 0 Å². The average Bonchev–Trinajstić information content (AvgIpc) is 2.82. The van der Waals surface area contributed by atoms with Gasteiger partial charge in [0, 0.05) is 19.0 Å². The number of carbonyl (C=O) groups excluding carboxylic acids is 1. The summed E-state index contributed by atoms with van der Waals surface area (Å²) in [5.74, 6) is -1.04. The monoisotopic (exact) mass is 274 g/mol. The Bertz CT molecular complexity index is 450. The predicted molar refractivity (Wildman–Crippen MR) is 63.2 cm³/mol. The molecule has 3 N–H and O–H groups in total. The molecule has 92 valence electrons. The van der Waals surface area contributed by atoms with Crippen molar-refractivity contribution in [2.75, 3.05) is 17.2 Å². The highest BCUT2D eigenvalue weighted by molar-refractivity contribution is 8.01. The molecular weight excluding hydrogens is 264 g/mol. The van der Waals surface area contributed by atoms with Crippen molar-refractivity contribution in [3.05, 3.63) is 0 Å². The summed E-state index contributed by atoms with van der Waals surface area (Å²) in [7, 11) is 0. The quantitative estimate of drug-likeness (QED) is 0.577. The summed E-state index contributed by atoms with van der Waals surface area (Å²) in [5.41, 5.74) is 5.67. The molecule has 1 saturated heterocycles. The highest BCUT2D eigenvalue weighted by Crippen LogP contribution is 2.29. The number of carboxylic acid groups (broad SMARTS) is 1. The van der Waals surface area contributed by atoms with Crippen LogP contribution in [0.2, 0.25) is 0 Å². The fourth-order valence-electron chi connectivity index (χ4n) is 1.41. The molecule has 0 aromatic carbocycles. The third-order valence-corrected chi connectivity index (χ3v) is 4.17. The number of thioether (sulfide) groups is 1. The van der Waals surface area contributed by atoms with Gasteiger partial charge in [-0.3, -0.25) is 14.5 Å². The molecule has 9 heteroatoms. The standard InChI is InChI=1S/C8H10N4O3S2/c9-4-1-5(13)12(2-4)7-10-11-8(17-7)16-3-6(14)15/h4H,1-3,9H2,(H,14,15). The van der Waals surface area contributed by atoms with Crippen molar-refractivity contribution in [2.24, 2.45) is 5.73 Å². The number of hydrogen-bond donors (Lipinski definition) is 2. The van der Waals surface area contributed by atoms with Gasteiger partial charge in [0.1, 0.15) is 0 Å². The van der Waals surface area contributed by atoms with Crippen molar-refractivity contribution in [3.8, 4) is 0 Å². The number of amides is 1. The summed E-state index contributed by atoms with van der Waals surface area (Å²) in [6.45, 7) is 0.442. The summed E-state index contributed by atoms with van der Waals surface area (Å²) in [4.78, 5) is 23.4. The highest BCUT2D eigenvalue weighted by atomic mass is 32.2. The molecule has 1 amide bonds. The van der Waals surface area contributed by atoms with E-state index in [0.29, 0.717) is 22.4 Å². The lowest BCUT2D eigenvalue weighted by Crippen LogP contribution is -2.27. The van der Waals surface area contributed by atoms with E-state index in [0.717, 1.165) is 11.8 Å². The highest BCUT2D eigenvalue weighted by Gasteiger charge is 2.30. The Balaban J connectivity index is 2.03. The van der Waals surface area contributed by atoms with Gasteiger partial charge in [-0.2, -0.15) is 0 Å². The van der Waals surface area contributed by atoms with E-state index >= 15 is 0 Å². The Morgan fingerprint density at radius 1 is 1.65 bits per heavy atom. The Morgan fingerprint density at radius 3 is 3.00 bits per heavy atom. The van der Waals surface area contributed by atoms with Crippen LogP contribution in [0.4, 0.5) is 5.13 Å². The van der Waals surface area contributed by atoms with E-state index in [-0.39, 0.29) is 17.7 Å². The van der Waals surface area contributed by atoms with Crippen LogP contribution >= 0.6 is 23.1 Å². The first kappa shape index (κ1) is 12.3. The molecule has 0 spiro atoms. The van der Waals surface area contributed by atoms with Crippen molar-refractivity contribution in [3.63, 3.8) is 0 Å². The fourth-order valence-corrected chi connectivity index (χ4v) is 3.00. The number of anilines is 1. The Morgan fingerprint density at radius 2 is 2.41 bits per heavy atom. The summed E-state index contributed by atoms with van der Waals surface area (Å²) in [6, 6.07) is -0.165. The average molecular weight is 274 g/mol. The number of carboxylic acids is 1. The molecule has 1 aromatic rings. The van der Waals surface area contributed by atoms with Gasteiger partial charge in [-0.15, -0.1) is 10.2 Å². The Kier molecular flexibility index (Phi) is 3.60. The fraction of sp³-hybridized carbons (Fsp3) is 0.500. The lowest BCUT2D eigenvalue weighted by Gasteiger charge is -2.09. The maximum absolute atomic E-state index is 11.5. The summed E-state index contributed by atoms with van der Waals surface area (Å²) in [6.07, 6.45) is 0.317. The Hall–Kier alpha value is -1.19. The van der Waals surface area contributed by atoms with E-state index in [1.807, 2.05) is 0 Å². The van der Waals surface area contributed by atoms with Crippen molar-refractivity contribution >= 4 is 40.1 Å². The minimum atomic E-state index is -0.911. The zero-order valence-electron chi connectivity index (χ0n) is 8.70. The van der Waals surface area contributed by atoms with E-state index in [1.165, 1.54) is 16.2 Å². The SMILES string of the molecule is NC1CC(=O)N(c2nnc(SCC(=O)O)s2)C1. The number of rotatable bonds is 4. The minimum absolute atomic E-state index is 0.0663. The van der Waals surface area contributed by atoms with Gasteiger partial charge in [0.2, 0.25) is 11.0 Å². The lowest BCUT2D eigenvalue weighted by atomic mass is 10.3. The van der Waals surface area contributed by atoms with E-state index in [1.54, 1.807) is 0 Å². The van der Waals surface area contributed by atoms with Crippen LogP contribution in [0.15, 0.2) is 4.34 Å². The number of aromatic nitrogens is 2. The van der Waals surface area contributed by atoms with Gasteiger partial charge >= 0.3 is 5.97 Å². The van der Waals surface area contributed by atoms with Crippen LogP contribution in [-0.4, -0.2) is 45.5 Å². The smallest absolute Gasteiger partial charge is 0.313 e. The molecule has 0 saturated carbocycles. The van der Waals surface area contributed by atoms with Crippen LogP contribution in [0, 0.1) is 0 Å². The molecule has 0 aliphatic carbocycles. The van der Waals surface area contributed by atoms with Gasteiger partial charge in [0.05, 0.1) is 5.75 Å². The molecule has 2 heterocycles. The maximum Gasteiger partial charge on any atom is 0.313 e. The van der Waals surface area contributed by atoms with Crippen LogP contribution in [-0.2, 0) is 9.59 Å². The van der Waals surface area contributed by atoms with Crippen LogP contribution in [0.5, 0.6) is 0 Å². The first-order valence-electron chi connectivity index (χ1n) is 4.80. The van der Waals surface area contributed by atoms with E-state index in [4.69, 9.17) is 10.8 Å². The third-order valence-electron chi connectivity index (χ3n) is 2.10. The second-order valence-corrected chi connectivity index (χ2v) is 5.68. The molecule has 1 aromatic heterocycles. The van der Waals surface area contributed by atoms with Crippen molar-refractivity contribution in [1.29, 1.82) is 0 Å². The normalized spacial score (nSPS) is 19.9. The summed E-state index contributed by atoms with van der Waals surface area (Å²) >= 11 is 2.29. The number of carbonyl (C=O) groups is 2. The number of hydrogen-bond acceptors (Lipinski definition) is 7. The van der Waals surface area contributed by atoms with Gasteiger partial charge in [0.15, 0.2) is 4.34 Å². The minimum Gasteiger partial charge on any atom is -0.481 e. The van der Waals surface area contributed by atoms with E-state index in [2.05, 4.69) is 10.2 Å². The van der Waals surface area contributed by atoms with Gasteiger partial charge in [-0.1, -0.05) is 23.1 Å². The van der Waals surface area contributed by atoms with Crippen LogP contribution < -0.4 is 10.6 Å². The van der Waals surface area contributed by atoms with Crippen molar-refractivity contribution in [1.82, 2.24) is 10.2 Å². The molecule has 0 radical (unpaired) electrons. The molecular formula is C8H10N4O3S2. The maximum atomic E-state index is 11.5. The molecule has 7 nitrogen and oxygen atoms in total. The van der Waals surface area contributed by atoms with Crippen LogP contribution in [0.1, 0.15) is 6.42 Å². The number of nitrogens with zero attached hydrogens (tertiary/aromatic N) is 3.